The van der Waals surface area contributed by atoms with E-state index in [1.807, 2.05) is 6.92 Å². The molecule has 1 atom stereocenters. The number of anilines is 1. The molecule has 1 aliphatic heterocycles. The Bertz CT molecular complexity index is 1170. The molecular weight excluding hydrogens is 577 g/mol. The number of aryl methyl sites for hydroxylation is 1. The number of carboxylic acids is 1. The number of nitrogens with zero attached hydrogens (tertiary/aromatic N) is 4. The fourth-order valence-electron chi connectivity index (χ4n) is 4.93. The summed E-state index contributed by atoms with van der Waals surface area (Å²) >= 11 is 0. The summed E-state index contributed by atoms with van der Waals surface area (Å²) in [6, 6.07) is 0.778. The second-order valence-corrected chi connectivity index (χ2v) is 11.5. The molecule has 2 N–H and O–H groups in total. The number of aromatic nitrogens is 3. The Morgan fingerprint density at radius 1 is 1.14 bits per heavy atom. The van der Waals surface area contributed by atoms with E-state index >= 15 is 0 Å². The molecule has 1 saturated heterocycles. The molecule has 0 radical (unpaired) electrons. The quantitative estimate of drug-likeness (QED) is 0.153. The summed E-state index contributed by atoms with van der Waals surface area (Å²) < 4.78 is 71.8. The average molecular weight is 620 g/mol. The van der Waals surface area contributed by atoms with Gasteiger partial charge in [-0.05, 0) is 38.6 Å². The van der Waals surface area contributed by atoms with Crippen LogP contribution in [0.1, 0.15) is 100 Å². The second kappa shape index (κ2) is 15.1. The van der Waals surface area contributed by atoms with E-state index in [4.69, 9.17) is 9.63 Å². The molecule has 0 unspecified atom stereocenters. The van der Waals surface area contributed by atoms with E-state index in [0.717, 1.165) is 29.5 Å². The lowest BCUT2D eigenvalue weighted by atomic mass is 9.94. The Morgan fingerprint density at radius 2 is 1.77 bits per heavy atom. The fourth-order valence-corrected chi connectivity index (χ4v) is 4.93. The van der Waals surface area contributed by atoms with E-state index in [-0.39, 0.29) is 11.2 Å². The highest BCUT2D eigenvalue weighted by Gasteiger charge is 2.46. The molecule has 3 heterocycles. The van der Waals surface area contributed by atoms with Crippen molar-refractivity contribution in [1.29, 1.82) is 0 Å². The molecule has 2 fully saturated rings. The molecule has 4 rings (SSSR count). The Hall–Kier alpha value is -3.03. The maximum Gasteiger partial charge on any atom is 0.422 e. The minimum Gasteiger partial charge on any atom is -0.482 e. The highest BCUT2D eigenvalue weighted by Crippen LogP contribution is 2.44. The molecule has 9 nitrogen and oxygen atoms in total. The lowest BCUT2D eigenvalue weighted by Crippen LogP contribution is -2.56. The summed E-state index contributed by atoms with van der Waals surface area (Å²) in [6.07, 6.45) is 9.69. The summed E-state index contributed by atoms with van der Waals surface area (Å²) in [5.74, 6) is -2.68. The first-order valence-corrected chi connectivity index (χ1v) is 14.9. The highest BCUT2D eigenvalue weighted by atomic mass is 19.4. The van der Waals surface area contributed by atoms with Crippen LogP contribution in [0.15, 0.2) is 16.8 Å². The molecule has 1 aliphatic carbocycles. The zero-order valence-corrected chi connectivity index (χ0v) is 25.0. The van der Waals surface area contributed by atoms with Crippen LogP contribution in [-0.2, 0) is 5.54 Å². The van der Waals surface area contributed by atoms with Crippen molar-refractivity contribution in [2.75, 3.05) is 31.1 Å². The van der Waals surface area contributed by atoms with E-state index in [2.05, 4.69) is 39.0 Å². The van der Waals surface area contributed by atoms with Crippen LogP contribution < -0.4 is 15.0 Å². The summed E-state index contributed by atoms with van der Waals surface area (Å²) in [7, 11) is 0. The van der Waals surface area contributed by atoms with E-state index in [9.17, 15) is 26.7 Å². The predicted octanol–water partition coefficient (Wildman–Crippen LogP) is 6.91. The number of pyridine rings is 1. The molecule has 0 amide bonds. The van der Waals surface area contributed by atoms with Gasteiger partial charge in [0.1, 0.15) is 5.75 Å². The number of ether oxygens (including phenoxy) is 1. The van der Waals surface area contributed by atoms with Gasteiger partial charge in [-0.15, -0.1) is 0 Å². The van der Waals surface area contributed by atoms with Gasteiger partial charge in [0, 0.05) is 13.0 Å². The third-order valence-corrected chi connectivity index (χ3v) is 7.55. The predicted molar refractivity (Wildman–Crippen MR) is 150 cm³/mol. The lowest BCUT2D eigenvalue weighted by molar-refractivity contribution is -0.153. The largest absolute Gasteiger partial charge is 0.482 e. The van der Waals surface area contributed by atoms with Crippen LogP contribution in [0.2, 0.25) is 0 Å². The third-order valence-electron chi connectivity index (χ3n) is 7.55. The van der Waals surface area contributed by atoms with E-state index in [0.29, 0.717) is 11.8 Å². The number of halogens is 5. The number of alkyl halides is 5. The molecule has 0 bridgehead atoms. The van der Waals surface area contributed by atoms with Gasteiger partial charge in [-0.1, -0.05) is 57.0 Å². The molecule has 2 aromatic heterocycles. The zero-order chi connectivity index (χ0) is 31.7. The Morgan fingerprint density at radius 3 is 2.28 bits per heavy atom. The molecule has 242 valence electrons. The van der Waals surface area contributed by atoms with Crippen molar-refractivity contribution in [1.82, 2.24) is 20.4 Å². The number of hydrogen-bond donors (Lipinski definition) is 2. The monoisotopic (exact) mass is 619 g/mol. The third kappa shape index (κ3) is 10.9. The van der Waals surface area contributed by atoms with Crippen molar-refractivity contribution in [3.63, 3.8) is 0 Å². The zero-order valence-electron chi connectivity index (χ0n) is 25.0. The van der Waals surface area contributed by atoms with Crippen LogP contribution in [-0.4, -0.2) is 64.5 Å². The van der Waals surface area contributed by atoms with Gasteiger partial charge in [0.2, 0.25) is 5.89 Å². The first kappa shape index (κ1) is 34.5. The standard InChI is InChI=1S/C18H33N3O.C11H9F5N2O3/c1-4-5-6-7-8-9-10-11-14-19-18(3,16-12-13-16)17-20-15(2)22-21-17;12-10(13)3-18(4-10)7-2-17-6(9(19)20)1-8(7)21-5-11(14,15)16/h16,19H,4-14H2,1-3H3;1-2H,3-5H2,(H,19,20)/t18-;/m0./s1. The van der Waals surface area contributed by atoms with Crippen LogP contribution in [0, 0.1) is 12.8 Å². The Kier molecular flexibility index (Phi) is 12.1. The molecule has 2 aliphatic rings. The number of hydrogen-bond acceptors (Lipinski definition) is 8. The maximum absolute atomic E-state index is 12.8. The second-order valence-electron chi connectivity index (χ2n) is 11.5. The minimum absolute atomic E-state index is 0.0983. The molecule has 0 spiro atoms. The summed E-state index contributed by atoms with van der Waals surface area (Å²) in [5.41, 5.74) is -0.739. The Balaban J connectivity index is 0.000000236. The van der Waals surface area contributed by atoms with Crippen LogP contribution in [0.3, 0.4) is 0 Å². The van der Waals surface area contributed by atoms with Gasteiger partial charge < -0.3 is 24.6 Å². The average Bonchev–Trinajstić information content (AvgIpc) is 3.70. The normalized spacial score (nSPS) is 17.4. The van der Waals surface area contributed by atoms with Gasteiger partial charge in [-0.2, -0.15) is 18.2 Å². The minimum atomic E-state index is -4.64. The smallest absolute Gasteiger partial charge is 0.422 e. The Labute approximate surface area is 248 Å². The van der Waals surface area contributed by atoms with Gasteiger partial charge in [0.05, 0.1) is 30.5 Å². The maximum atomic E-state index is 12.8. The summed E-state index contributed by atoms with van der Waals surface area (Å²) in [6.45, 7) is 4.38. The topological polar surface area (TPSA) is 114 Å². The number of unbranched alkanes of at least 4 members (excludes halogenated alkanes) is 7. The van der Waals surface area contributed by atoms with Gasteiger partial charge in [0.25, 0.3) is 5.92 Å². The van der Waals surface area contributed by atoms with E-state index < -0.39 is 49.2 Å². The van der Waals surface area contributed by atoms with E-state index in [1.54, 1.807) is 0 Å². The van der Waals surface area contributed by atoms with Crippen LogP contribution in [0.5, 0.6) is 5.75 Å². The number of rotatable bonds is 16. The molecule has 1 saturated carbocycles. The molecule has 0 aromatic carbocycles. The van der Waals surface area contributed by atoms with Crippen LogP contribution >= 0.6 is 0 Å². The van der Waals surface area contributed by atoms with Crippen molar-refractivity contribution < 1.29 is 41.1 Å². The van der Waals surface area contributed by atoms with Gasteiger partial charge >= 0.3 is 12.1 Å². The number of carbonyl (C=O) groups is 1. The summed E-state index contributed by atoms with van der Waals surface area (Å²) in [4.78, 5) is 19.8. The van der Waals surface area contributed by atoms with Crippen molar-refractivity contribution in [3.05, 3.63) is 29.7 Å². The molecule has 2 aromatic rings. The van der Waals surface area contributed by atoms with Crippen LogP contribution in [0.4, 0.5) is 27.6 Å². The number of aromatic carboxylic acids is 1. The highest BCUT2D eigenvalue weighted by molar-refractivity contribution is 5.86. The number of carboxylic acid groups (broad SMARTS) is 1. The SMILES string of the molecule is CCCCCCCCCCN[C@](C)(c1noc(C)n1)C1CC1.O=C(O)c1cc(OCC(F)(F)F)c(N2CC(F)(F)C2)cn1. The summed E-state index contributed by atoms with van der Waals surface area (Å²) in [5, 5.41) is 16.6. The molecular formula is C29H42F5N5O4. The van der Waals surface area contributed by atoms with Crippen molar-refractivity contribution in [3.8, 4) is 5.75 Å². The van der Waals surface area contributed by atoms with Crippen molar-refractivity contribution >= 4 is 11.7 Å². The van der Waals surface area contributed by atoms with E-state index in [1.165, 1.54) is 64.2 Å². The van der Waals surface area contributed by atoms with Gasteiger partial charge in [-0.3, -0.25) is 0 Å². The molecule has 14 heteroatoms. The van der Waals surface area contributed by atoms with Crippen molar-refractivity contribution in [2.45, 2.75) is 103 Å². The van der Waals surface area contributed by atoms with Crippen molar-refractivity contribution in [2.24, 2.45) is 5.92 Å². The van der Waals surface area contributed by atoms with Gasteiger partial charge in [0.15, 0.2) is 18.1 Å². The first-order valence-electron chi connectivity index (χ1n) is 14.9. The lowest BCUT2D eigenvalue weighted by Gasteiger charge is -2.40. The number of nitrogens with one attached hydrogen (secondary N) is 1. The van der Waals surface area contributed by atoms with Gasteiger partial charge in [-0.25, -0.2) is 18.6 Å². The first-order chi connectivity index (χ1) is 20.2. The molecule has 43 heavy (non-hydrogen) atoms. The van der Waals surface area contributed by atoms with Crippen LogP contribution in [0.25, 0.3) is 0 Å². The fraction of sp³-hybridized carbons (Fsp3) is 0.724.